The van der Waals surface area contributed by atoms with Gasteiger partial charge in [0.2, 0.25) is 10.0 Å². The number of hydrogen-bond donors (Lipinski definition) is 2. The molecule has 0 saturated carbocycles. The van der Waals surface area contributed by atoms with E-state index in [1.165, 1.54) is 12.4 Å². The molecule has 0 aliphatic rings. The van der Waals surface area contributed by atoms with Crippen molar-refractivity contribution >= 4 is 48.9 Å². The first-order valence-corrected chi connectivity index (χ1v) is 8.75. The zero-order chi connectivity index (χ0) is 13.9. The van der Waals surface area contributed by atoms with Crippen molar-refractivity contribution in [3.8, 4) is 0 Å². The fourth-order valence-electron chi connectivity index (χ4n) is 1.34. The zero-order valence-corrected chi connectivity index (χ0v) is 13.5. The van der Waals surface area contributed by atoms with Gasteiger partial charge in [-0.1, -0.05) is 11.6 Å². The average molecular weight is 386 g/mol. The highest BCUT2D eigenvalue weighted by atomic mass is 79.9. The molecule has 2 aromatic rings. The average Bonchev–Trinajstić information content (AvgIpc) is 2.96. The van der Waals surface area contributed by atoms with Gasteiger partial charge in [-0.05, 0) is 28.4 Å². The van der Waals surface area contributed by atoms with Crippen LogP contribution in [0.3, 0.4) is 0 Å². The lowest BCUT2D eigenvalue weighted by Crippen LogP contribution is -2.24. The van der Waals surface area contributed by atoms with Crippen LogP contribution in [0.25, 0.3) is 0 Å². The topological polar surface area (TPSA) is 87.7 Å². The second-order valence-electron chi connectivity index (χ2n) is 3.62. The summed E-state index contributed by atoms with van der Waals surface area (Å²) in [6.45, 7) is 0.330. The minimum atomic E-state index is -3.50. The Balaban J connectivity index is 1.87. The van der Waals surface area contributed by atoms with E-state index in [2.05, 4.69) is 35.8 Å². The van der Waals surface area contributed by atoms with Gasteiger partial charge in [-0.2, -0.15) is 5.10 Å². The number of nitrogens with one attached hydrogen (secondary N) is 2. The highest BCUT2D eigenvalue weighted by molar-refractivity contribution is 9.11. The van der Waals surface area contributed by atoms with Crippen LogP contribution >= 0.6 is 38.9 Å². The lowest BCUT2D eigenvalue weighted by atomic mass is 10.3. The van der Waals surface area contributed by atoms with Gasteiger partial charge < -0.3 is 0 Å². The molecule has 0 aliphatic carbocycles. The Morgan fingerprint density at radius 2 is 2.32 bits per heavy atom. The summed E-state index contributed by atoms with van der Waals surface area (Å²) in [7, 11) is -3.50. The van der Waals surface area contributed by atoms with E-state index in [0.29, 0.717) is 28.2 Å². The molecule has 0 spiro atoms. The molecule has 0 aliphatic heterocycles. The van der Waals surface area contributed by atoms with Crippen LogP contribution < -0.4 is 4.72 Å². The van der Waals surface area contributed by atoms with Gasteiger partial charge in [0.25, 0.3) is 0 Å². The third-order valence-electron chi connectivity index (χ3n) is 2.23. The number of hydrogen-bond acceptors (Lipinski definition) is 5. The summed E-state index contributed by atoms with van der Waals surface area (Å²) in [6, 6.07) is 1.43. The van der Waals surface area contributed by atoms with Crippen molar-refractivity contribution in [2.24, 2.45) is 0 Å². The molecule has 0 aromatic carbocycles. The molecule has 0 amide bonds. The minimum Gasteiger partial charge on any atom is -0.263 e. The number of thiophene rings is 1. The van der Waals surface area contributed by atoms with E-state index in [9.17, 15) is 8.42 Å². The van der Waals surface area contributed by atoms with E-state index >= 15 is 0 Å². The largest absolute Gasteiger partial charge is 0.263 e. The smallest absolute Gasteiger partial charge is 0.250 e. The summed E-state index contributed by atoms with van der Waals surface area (Å²) in [5.41, 5.74) is 0. The van der Waals surface area contributed by atoms with E-state index in [1.54, 1.807) is 0 Å². The van der Waals surface area contributed by atoms with Crippen LogP contribution in [0.1, 0.15) is 12.2 Å². The lowest BCUT2D eigenvalue weighted by molar-refractivity contribution is 0.580. The Labute approximate surface area is 127 Å². The summed E-state index contributed by atoms with van der Waals surface area (Å²) < 4.78 is 27.2. The van der Waals surface area contributed by atoms with E-state index in [4.69, 9.17) is 11.6 Å². The Kier molecular flexibility index (Phi) is 4.96. The Morgan fingerprint density at radius 1 is 1.53 bits per heavy atom. The van der Waals surface area contributed by atoms with E-state index in [1.807, 2.05) is 0 Å². The number of aromatic nitrogens is 3. The first kappa shape index (κ1) is 14.9. The second kappa shape index (κ2) is 6.31. The van der Waals surface area contributed by atoms with Crippen LogP contribution in [0.15, 0.2) is 20.4 Å². The second-order valence-corrected chi connectivity index (χ2v) is 8.39. The van der Waals surface area contributed by atoms with Gasteiger partial charge in [-0.25, -0.2) is 18.1 Å². The van der Waals surface area contributed by atoms with Crippen molar-refractivity contribution in [1.29, 1.82) is 0 Å². The van der Waals surface area contributed by atoms with Crippen molar-refractivity contribution in [2.75, 3.05) is 6.54 Å². The van der Waals surface area contributed by atoms with Gasteiger partial charge >= 0.3 is 0 Å². The molecule has 10 heteroatoms. The highest BCUT2D eigenvalue weighted by Gasteiger charge is 2.18. The van der Waals surface area contributed by atoms with Gasteiger partial charge in [-0.15, -0.1) is 11.3 Å². The number of nitrogens with zero attached hydrogens (tertiary/aromatic N) is 2. The summed E-state index contributed by atoms with van der Waals surface area (Å²) in [4.78, 5) is 3.96. The van der Waals surface area contributed by atoms with Crippen LogP contribution in [-0.4, -0.2) is 30.1 Å². The maximum atomic E-state index is 11.9. The van der Waals surface area contributed by atoms with Crippen LogP contribution in [0.2, 0.25) is 5.02 Å². The monoisotopic (exact) mass is 384 g/mol. The molecule has 0 bridgehead atoms. The molecule has 2 aromatic heterocycles. The normalized spacial score (nSPS) is 11.9. The van der Waals surface area contributed by atoms with Crippen molar-refractivity contribution < 1.29 is 8.42 Å². The van der Waals surface area contributed by atoms with E-state index in [0.717, 1.165) is 17.2 Å². The first-order valence-electron chi connectivity index (χ1n) is 5.28. The summed E-state index contributed by atoms with van der Waals surface area (Å²) in [5, 5.41) is 6.83. The summed E-state index contributed by atoms with van der Waals surface area (Å²) in [6.07, 6.45) is 2.69. The van der Waals surface area contributed by atoms with Gasteiger partial charge in [0.15, 0.2) is 0 Å². The number of aromatic amines is 1. The molecular formula is C9H10BrClN4O2S2. The van der Waals surface area contributed by atoms with Crippen molar-refractivity contribution in [2.45, 2.75) is 17.1 Å². The maximum absolute atomic E-state index is 11.9. The molecule has 2 heterocycles. The molecule has 2 rings (SSSR count). The van der Waals surface area contributed by atoms with E-state index < -0.39 is 10.0 Å². The van der Waals surface area contributed by atoms with Gasteiger partial charge in [0.05, 0.1) is 8.81 Å². The van der Waals surface area contributed by atoms with Crippen molar-refractivity contribution in [1.82, 2.24) is 19.9 Å². The van der Waals surface area contributed by atoms with Gasteiger partial charge in [0.1, 0.15) is 16.4 Å². The lowest BCUT2D eigenvalue weighted by Gasteiger charge is -2.03. The predicted molar refractivity (Wildman–Crippen MR) is 76.9 cm³/mol. The molecule has 0 fully saturated rings. The zero-order valence-electron chi connectivity index (χ0n) is 9.56. The molecule has 0 radical (unpaired) electrons. The van der Waals surface area contributed by atoms with Crippen LogP contribution in [0.4, 0.5) is 0 Å². The third-order valence-corrected chi connectivity index (χ3v) is 6.64. The minimum absolute atomic E-state index is 0.198. The Bertz CT molecular complexity index is 622. The fourth-order valence-corrected chi connectivity index (χ4v) is 4.86. The van der Waals surface area contributed by atoms with Crippen LogP contribution in [-0.2, 0) is 16.4 Å². The molecule has 19 heavy (non-hydrogen) atoms. The van der Waals surface area contributed by atoms with Gasteiger partial charge in [-0.3, -0.25) is 5.10 Å². The van der Waals surface area contributed by atoms with Crippen molar-refractivity contribution in [3.63, 3.8) is 0 Å². The molecule has 6 nitrogen and oxygen atoms in total. The standard InChI is InChI=1S/C9H10BrClN4O2S2/c10-9-6(11)4-8(18-9)19(16,17)14-3-1-2-7-12-5-13-15-7/h4-5,14H,1-3H2,(H,12,13,15). The quantitative estimate of drug-likeness (QED) is 0.746. The van der Waals surface area contributed by atoms with Crippen LogP contribution in [0.5, 0.6) is 0 Å². The van der Waals surface area contributed by atoms with Crippen molar-refractivity contribution in [3.05, 3.63) is 27.0 Å². The first-order chi connectivity index (χ1) is 8.99. The summed E-state index contributed by atoms with van der Waals surface area (Å²) >= 11 is 10.1. The Hall–Kier alpha value is -0.480. The third kappa shape index (κ3) is 3.99. The van der Waals surface area contributed by atoms with E-state index in [-0.39, 0.29) is 4.21 Å². The number of H-pyrrole nitrogens is 1. The maximum Gasteiger partial charge on any atom is 0.250 e. The van der Waals surface area contributed by atoms with Gasteiger partial charge in [0, 0.05) is 13.0 Å². The molecular weight excluding hydrogens is 376 g/mol. The number of aryl methyl sites for hydroxylation is 1. The number of sulfonamides is 1. The predicted octanol–water partition coefficient (Wildman–Crippen LogP) is 2.19. The molecule has 2 N–H and O–H groups in total. The number of rotatable bonds is 6. The molecule has 0 atom stereocenters. The van der Waals surface area contributed by atoms with Crippen LogP contribution in [0, 0.1) is 0 Å². The molecule has 104 valence electrons. The molecule has 0 saturated heterocycles. The molecule has 0 unspecified atom stereocenters. The Morgan fingerprint density at radius 3 is 2.89 bits per heavy atom. The highest BCUT2D eigenvalue weighted by Crippen LogP contribution is 2.34. The fraction of sp³-hybridized carbons (Fsp3) is 0.333. The number of halogens is 2. The summed E-state index contributed by atoms with van der Waals surface area (Å²) in [5.74, 6) is 0.737. The SMILES string of the molecule is O=S(=O)(NCCCc1ncn[nH]1)c1cc(Cl)c(Br)s1.